The van der Waals surface area contributed by atoms with Crippen molar-refractivity contribution in [3.63, 3.8) is 0 Å². The number of amides is 1. The molecule has 3 aromatic carbocycles. The Morgan fingerprint density at radius 1 is 0.479 bits per heavy atom. The summed E-state index contributed by atoms with van der Waals surface area (Å²) in [6.45, 7) is 14.2. The van der Waals surface area contributed by atoms with Gasteiger partial charge in [-0.15, -0.1) is 34.0 Å². The Bertz CT molecular complexity index is 6210. The van der Waals surface area contributed by atoms with Gasteiger partial charge in [0.05, 0.1) is 103 Å². The van der Waals surface area contributed by atoms with E-state index in [2.05, 4.69) is 40.9 Å². The van der Waals surface area contributed by atoms with Gasteiger partial charge in [0, 0.05) is 133 Å². The molecule has 121 heavy (non-hydrogen) atoms. The summed E-state index contributed by atoms with van der Waals surface area (Å²) >= 11 is 10.9. The number of methoxy groups -OCH3 is 3. The van der Waals surface area contributed by atoms with Crippen LogP contribution in [0.2, 0.25) is 5.15 Å². The first-order valence-corrected chi connectivity index (χ1v) is 48.5. The third-order valence-corrected chi connectivity index (χ3v) is 28.2. The molecule has 11 heterocycles. The summed E-state index contributed by atoms with van der Waals surface area (Å²) in [7, 11) is -5.92. The summed E-state index contributed by atoms with van der Waals surface area (Å²) in [5.41, 5.74) is 18.8. The van der Waals surface area contributed by atoms with Gasteiger partial charge in [0.1, 0.15) is 72.6 Å². The van der Waals surface area contributed by atoms with Crippen LogP contribution in [-0.4, -0.2) is 151 Å². The molecule has 2 atom stereocenters. The van der Waals surface area contributed by atoms with Gasteiger partial charge in [-0.3, -0.25) is 33.5 Å². The first-order chi connectivity index (χ1) is 57.7. The fourth-order valence-corrected chi connectivity index (χ4v) is 20.2. The molecule has 11 aromatic rings. The Kier molecular flexibility index (Phi) is 27.0. The van der Waals surface area contributed by atoms with Crippen molar-refractivity contribution >= 4 is 160 Å². The van der Waals surface area contributed by atoms with E-state index in [1.54, 1.807) is 63.8 Å². The lowest BCUT2D eigenvalue weighted by atomic mass is 10.1. The number of ether oxygens (including phenoxy) is 5. The molecule has 5 fully saturated rings. The number of thiazole rings is 3. The fourth-order valence-electron chi connectivity index (χ4n) is 14.7. The van der Waals surface area contributed by atoms with Gasteiger partial charge >= 0.3 is 0 Å². The van der Waals surface area contributed by atoms with Gasteiger partial charge in [-0.25, -0.2) is 60.1 Å². The van der Waals surface area contributed by atoms with Crippen molar-refractivity contribution in [2.75, 3.05) is 69.3 Å². The average Bonchev–Trinajstić information content (AvgIpc) is 1.67. The number of primary amides is 1. The highest BCUT2D eigenvalue weighted by Crippen LogP contribution is 2.44. The SMILES string of the molecule is COCc1nc(-c2ccc(Nc3cc(CC(=O)C4CC4)nc4c3N=C(C)C4)c(S(C)(=O)=O)c2)sc1C.COCc1nc(-c2ccc(Nc3cc(CC(=O)C4CC4)nc4c3nc(C)n4C3CCCCO3)c(S(C)(=O)=O)c2)sc1C.COCc1nc(-c2ccc(Nc3cc(Cl)nc4c3nc(C)n4C3CCCCO3)c(S(C)(=O)=O)c2)sc1C.NC(=O)C1CC1. The van der Waals surface area contributed by atoms with Crippen LogP contribution in [0, 0.1) is 52.4 Å². The zero-order chi connectivity index (χ0) is 86.1. The monoisotopic (exact) mass is 1780 g/mol. The molecule has 29 nitrogen and oxygen atoms in total. The summed E-state index contributed by atoms with van der Waals surface area (Å²) < 4.78 is 109. The molecule has 3 aliphatic carbocycles. The van der Waals surface area contributed by atoms with Crippen molar-refractivity contribution in [2.24, 2.45) is 28.5 Å². The Hall–Kier alpha value is -9.24. The number of imidazole rings is 2. The maximum absolute atomic E-state index is 13.1. The quantitative estimate of drug-likeness (QED) is 0.0347. The van der Waals surface area contributed by atoms with Crippen molar-refractivity contribution in [3.8, 4) is 31.7 Å². The van der Waals surface area contributed by atoms with Crippen LogP contribution in [0.4, 0.5) is 39.8 Å². The lowest BCUT2D eigenvalue weighted by Gasteiger charge is -2.25. The number of fused-ring (bicyclic) bond motifs is 3. The Balaban J connectivity index is 0.000000143. The molecule has 6 aliphatic rings. The number of aryl methyl sites for hydroxylation is 5. The number of halogens is 1. The highest BCUT2D eigenvalue weighted by molar-refractivity contribution is 7.91. The molecule has 0 spiro atoms. The van der Waals surface area contributed by atoms with Crippen molar-refractivity contribution in [1.82, 2.24) is 49.0 Å². The topological polar surface area (TPSA) is 387 Å². The molecular formula is C85H98ClN15O14S6. The molecule has 3 saturated carbocycles. The van der Waals surface area contributed by atoms with Crippen molar-refractivity contribution < 1.29 is 63.3 Å². The number of pyridine rings is 3. The number of aromatic nitrogens is 10. The van der Waals surface area contributed by atoms with Gasteiger partial charge in [-0.2, -0.15) is 0 Å². The summed E-state index contributed by atoms with van der Waals surface area (Å²) in [5.74, 6) is 2.26. The number of nitrogens with one attached hydrogen (secondary N) is 3. The second kappa shape index (κ2) is 37.1. The van der Waals surface area contributed by atoms with E-state index in [1.165, 1.54) is 52.8 Å². The largest absolute Gasteiger partial charge is 0.378 e. The van der Waals surface area contributed by atoms with Gasteiger partial charge in [-0.05, 0) is 185 Å². The molecule has 0 bridgehead atoms. The predicted molar refractivity (Wildman–Crippen MR) is 471 cm³/mol. The Labute approximate surface area is 720 Å². The second-order valence-electron chi connectivity index (χ2n) is 31.4. The van der Waals surface area contributed by atoms with Crippen LogP contribution in [0.5, 0.6) is 0 Å². The molecule has 0 radical (unpaired) electrons. The minimum Gasteiger partial charge on any atom is -0.378 e. The van der Waals surface area contributed by atoms with E-state index in [0.29, 0.717) is 124 Å². The van der Waals surface area contributed by atoms with E-state index < -0.39 is 29.5 Å². The van der Waals surface area contributed by atoms with Crippen LogP contribution in [0.25, 0.3) is 54.0 Å². The number of ketones is 2. The van der Waals surface area contributed by atoms with Crippen LogP contribution < -0.4 is 21.7 Å². The maximum Gasteiger partial charge on any atom is 0.220 e. The summed E-state index contributed by atoms with van der Waals surface area (Å²) in [6.07, 6.45) is 16.0. The molecule has 2 unspecified atom stereocenters. The molecular weight excluding hydrogens is 1680 g/mol. The van der Waals surface area contributed by atoms with E-state index in [0.717, 1.165) is 152 Å². The molecule has 2 saturated heterocycles. The number of aliphatic imine (C=N–C) groups is 1. The number of Topliss-reactive ketones (excluding diaryl/α,β-unsaturated/α-hetero) is 2. The molecule has 1 amide bonds. The van der Waals surface area contributed by atoms with Gasteiger partial charge in [0.2, 0.25) is 5.91 Å². The minimum absolute atomic E-state index is 0.107. The van der Waals surface area contributed by atoms with E-state index >= 15 is 0 Å². The fraction of sp³-hybridized carbons (Fsp3) is 0.435. The lowest BCUT2D eigenvalue weighted by Crippen LogP contribution is -2.19. The number of benzene rings is 3. The number of hydrogen-bond acceptors (Lipinski definition) is 29. The molecule has 17 rings (SSSR count). The standard InChI is InChI=1S/C30H35N5O5S2.C26H28N4O4S2.C25H28ClN5O4S2.C4H7NO/c1-17-24(16-39-3)34-30(41-17)20-10-11-22(26(13-20)42(4,37)38)33-23-14-21(15-25(36)19-8-9-19)32-29-28(23)31-18(2)35(29)27-7-5-6-12-40-27;1-14-9-20-25(27-14)21(11-18(28-20)12-23(31)16-5-6-16)29-19-8-7-17(10-24(19)36(4,32)33)26-30-22(13-34-3)15(2)35-26;1-14-19(13-34-3)29-25(36-14)16-8-9-17(20(11-16)37(4,32)33)28-18-12-21(26)30-24-23(18)27-15(2)31(24)22-7-5-6-10-35-22;5-4(6)3-1-2-3/h10-11,13-14,19,27H,5-9,12,15-16H2,1-4H3,(H,32,33);7-8,10-11,16H,5-6,9,12-13H2,1-4H3,(H,28,29);8-9,11-12,22H,5-7,10,13H2,1-4H3,(H,28,30);3H,1-2H2,(H2,5,6). The smallest absolute Gasteiger partial charge is 0.220 e. The van der Waals surface area contributed by atoms with Crippen molar-refractivity contribution in [3.05, 3.63) is 138 Å². The van der Waals surface area contributed by atoms with Crippen LogP contribution in [0.1, 0.15) is 157 Å². The number of sulfone groups is 3. The summed E-state index contributed by atoms with van der Waals surface area (Å²) in [4.78, 5) is 81.1. The second-order valence-corrected chi connectivity index (χ2v) is 41.3. The third-order valence-electron chi connectivity index (χ3n) is 21.4. The summed E-state index contributed by atoms with van der Waals surface area (Å²) in [6, 6.07) is 21.1. The number of nitrogens with zero attached hydrogens (tertiary/aromatic N) is 11. The van der Waals surface area contributed by atoms with E-state index in [4.69, 9.17) is 61.0 Å². The number of rotatable bonds is 27. The predicted octanol–water partition coefficient (Wildman–Crippen LogP) is 16.4. The van der Waals surface area contributed by atoms with E-state index in [-0.39, 0.29) is 80.4 Å². The average molecular weight is 1780 g/mol. The number of carbonyl (C=O) groups is 3. The van der Waals surface area contributed by atoms with E-state index in [9.17, 15) is 39.6 Å². The summed E-state index contributed by atoms with van der Waals surface area (Å²) in [5, 5.41) is 12.4. The number of nitrogens with two attached hydrogens (primary N) is 1. The van der Waals surface area contributed by atoms with Gasteiger partial charge < -0.3 is 45.4 Å². The molecule has 8 aromatic heterocycles. The van der Waals surface area contributed by atoms with Gasteiger partial charge in [0.15, 0.2) is 40.8 Å². The first kappa shape index (κ1) is 88.1. The van der Waals surface area contributed by atoms with Crippen LogP contribution in [0.3, 0.4) is 0 Å². The molecule has 5 N–H and O–H groups in total. The van der Waals surface area contributed by atoms with Gasteiger partial charge in [0.25, 0.3) is 0 Å². The minimum atomic E-state index is -3.63. The lowest BCUT2D eigenvalue weighted by molar-refractivity contribution is -0.120. The zero-order valence-corrected chi connectivity index (χ0v) is 75.2. The third kappa shape index (κ3) is 21.0. The zero-order valence-electron chi connectivity index (χ0n) is 69.5. The van der Waals surface area contributed by atoms with Crippen LogP contribution in [0.15, 0.2) is 92.5 Å². The van der Waals surface area contributed by atoms with Crippen LogP contribution in [-0.2, 0) is 107 Å². The van der Waals surface area contributed by atoms with Crippen molar-refractivity contribution in [1.29, 1.82) is 0 Å². The van der Waals surface area contributed by atoms with E-state index in [1.807, 2.05) is 81.0 Å². The highest BCUT2D eigenvalue weighted by atomic mass is 35.5. The van der Waals surface area contributed by atoms with Gasteiger partial charge in [-0.1, -0.05) is 11.6 Å². The number of carbonyl (C=O) groups excluding carboxylic acids is 3. The molecule has 640 valence electrons. The highest BCUT2D eigenvalue weighted by Gasteiger charge is 2.34. The Morgan fingerprint density at radius 3 is 1.22 bits per heavy atom. The van der Waals surface area contributed by atoms with Crippen molar-refractivity contribution in [2.45, 2.75) is 185 Å². The number of anilines is 6. The van der Waals surface area contributed by atoms with Crippen LogP contribution >= 0.6 is 45.6 Å². The molecule has 3 aliphatic heterocycles. The maximum atomic E-state index is 13.1. The Morgan fingerprint density at radius 2 is 0.860 bits per heavy atom. The molecule has 36 heteroatoms. The normalized spacial score (nSPS) is 16.6. The first-order valence-electron chi connectivity index (χ1n) is 40.0. The number of hydrogen-bond donors (Lipinski definition) is 4.